The van der Waals surface area contributed by atoms with Gasteiger partial charge in [0.05, 0.1) is 7.11 Å². The molecule has 0 fully saturated rings. The lowest BCUT2D eigenvalue weighted by Crippen LogP contribution is -2.06. The molecule has 0 saturated carbocycles. The Morgan fingerprint density at radius 3 is 3.10 bits per heavy atom. The maximum Gasteiger partial charge on any atom is 0.218 e. The maximum atomic E-state index is 5.06. The van der Waals surface area contributed by atoms with Crippen LogP contribution in [0.25, 0.3) is 5.65 Å². The molecule has 21 heavy (non-hydrogen) atoms. The van der Waals surface area contributed by atoms with E-state index in [1.54, 1.807) is 13.2 Å². The minimum Gasteiger partial charge on any atom is -0.481 e. The molecule has 0 aliphatic carbocycles. The second-order valence-corrected chi connectivity index (χ2v) is 4.52. The smallest absolute Gasteiger partial charge is 0.218 e. The topological polar surface area (TPSA) is 77.2 Å². The van der Waals surface area contributed by atoms with Crippen LogP contribution in [0.5, 0.6) is 5.88 Å². The van der Waals surface area contributed by atoms with Gasteiger partial charge in [-0.15, -0.1) is 10.2 Å². The zero-order chi connectivity index (χ0) is 14.5. The summed E-state index contributed by atoms with van der Waals surface area (Å²) in [5, 5.41) is 11.6. The fourth-order valence-corrected chi connectivity index (χ4v) is 2.07. The highest BCUT2D eigenvalue weighted by molar-refractivity contribution is 5.38. The third-order valence-electron chi connectivity index (χ3n) is 3.12. The minimum absolute atomic E-state index is 0.552. The highest BCUT2D eigenvalue weighted by Crippen LogP contribution is 2.10. The zero-order valence-electron chi connectivity index (χ0n) is 11.7. The SMILES string of the molecule is COc1cc(NCCCc2nnc3ccccn23)ncn1. The first-order valence-corrected chi connectivity index (χ1v) is 6.75. The predicted octanol–water partition coefficient (Wildman–Crippen LogP) is 1.57. The Hall–Kier alpha value is -2.70. The minimum atomic E-state index is 0.552. The van der Waals surface area contributed by atoms with Crippen molar-refractivity contribution < 1.29 is 4.74 Å². The van der Waals surface area contributed by atoms with Gasteiger partial charge in [0.2, 0.25) is 5.88 Å². The number of ether oxygens (including phenoxy) is 1. The summed E-state index contributed by atoms with van der Waals surface area (Å²) in [7, 11) is 1.59. The maximum absolute atomic E-state index is 5.06. The van der Waals surface area contributed by atoms with Crippen molar-refractivity contribution in [2.75, 3.05) is 19.0 Å². The molecule has 108 valence electrons. The summed E-state index contributed by atoms with van der Waals surface area (Å²) in [6.07, 6.45) is 5.24. The molecule has 0 aromatic carbocycles. The van der Waals surface area contributed by atoms with E-state index in [1.807, 2.05) is 28.8 Å². The van der Waals surface area contributed by atoms with E-state index < -0.39 is 0 Å². The van der Waals surface area contributed by atoms with Crippen molar-refractivity contribution in [3.63, 3.8) is 0 Å². The van der Waals surface area contributed by atoms with Gasteiger partial charge in [-0.1, -0.05) is 6.07 Å². The fraction of sp³-hybridized carbons (Fsp3) is 0.286. The van der Waals surface area contributed by atoms with Gasteiger partial charge >= 0.3 is 0 Å². The molecule has 0 amide bonds. The van der Waals surface area contributed by atoms with Crippen molar-refractivity contribution in [3.05, 3.63) is 42.6 Å². The Bertz CT molecular complexity index is 726. The average molecular weight is 284 g/mol. The first-order chi connectivity index (χ1) is 10.4. The second-order valence-electron chi connectivity index (χ2n) is 4.52. The van der Waals surface area contributed by atoms with E-state index in [0.29, 0.717) is 5.88 Å². The summed E-state index contributed by atoms with van der Waals surface area (Å²) in [5.41, 5.74) is 0.876. The van der Waals surface area contributed by atoms with Crippen LogP contribution in [0, 0.1) is 0 Å². The Balaban J connectivity index is 1.54. The molecule has 0 spiro atoms. The molecule has 0 unspecified atom stereocenters. The van der Waals surface area contributed by atoms with E-state index in [2.05, 4.69) is 25.5 Å². The van der Waals surface area contributed by atoms with Gasteiger partial charge in [0, 0.05) is 25.2 Å². The Kier molecular flexibility index (Phi) is 3.90. The van der Waals surface area contributed by atoms with Gasteiger partial charge < -0.3 is 10.1 Å². The van der Waals surface area contributed by atoms with E-state index >= 15 is 0 Å². The Labute approximate surface area is 122 Å². The third-order valence-corrected chi connectivity index (χ3v) is 3.12. The number of hydrogen-bond donors (Lipinski definition) is 1. The number of fused-ring (bicyclic) bond motifs is 1. The molecule has 0 atom stereocenters. The molecular formula is C14H16N6O. The van der Waals surface area contributed by atoms with Crippen molar-refractivity contribution >= 4 is 11.5 Å². The fourth-order valence-electron chi connectivity index (χ4n) is 2.07. The van der Waals surface area contributed by atoms with Crippen LogP contribution in [0.3, 0.4) is 0 Å². The molecule has 3 rings (SSSR count). The van der Waals surface area contributed by atoms with Crippen LogP contribution in [0.2, 0.25) is 0 Å². The quantitative estimate of drug-likeness (QED) is 0.692. The molecule has 0 aliphatic heterocycles. The Morgan fingerprint density at radius 2 is 2.19 bits per heavy atom. The van der Waals surface area contributed by atoms with Crippen LogP contribution in [-0.4, -0.2) is 38.2 Å². The van der Waals surface area contributed by atoms with Crippen LogP contribution in [0.15, 0.2) is 36.8 Å². The van der Waals surface area contributed by atoms with Crippen LogP contribution in [0.4, 0.5) is 5.82 Å². The third kappa shape index (κ3) is 3.07. The normalized spacial score (nSPS) is 10.7. The summed E-state index contributed by atoms with van der Waals surface area (Å²) in [6, 6.07) is 7.65. The molecule has 3 aromatic rings. The van der Waals surface area contributed by atoms with Gasteiger partial charge in [-0.25, -0.2) is 9.97 Å². The molecular weight excluding hydrogens is 268 g/mol. The molecule has 3 heterocycles. The van der Waals surface area contributed by atoms with Gasteiger partial charge in [0.1, 0.15) is 18.0 Å². The summed E-state index contributed by atoms with van der Waals surface area (Å²) >= 11 is 0. The first kappa shape index (κ1) is 13.3. The number of pyridine rings is 1. The van der Waals surface area contributed by atoms with Crippen molar-refractivity contribution in [1.29, 1.82) is 0 Å². The molecule has 0 saturated heterocycles. The molecule has 1 N–H and O–H groups in total. The van der Waals surface area contributed by atoms with Crippen LogP contribution < -0.4 is 10.1 Å². The molecule has 7 nitrogen and oxygen atoms in total. The number of aryl methyl sites for hydroxylation is 1. The van der Waals surface area contributed by atoms with E-state index in [4.69, 9.17) is 4.74 Å². The van der Waals surface area contributed by atoms with Crippen LogP contribution in [-0.2, 0) is 6.42 Å². The summed E-state index contributed by atoms with van der Waals surface area (Å²) in [6.45, 7) is 0.794. The number of nitrogens with one attached hydrogen (secondary N) is 1. The highest BCUT2D eigenvalue weighted by atomic mass is 16.5. The predicted molar refractivity (Wildman–Crippen MR) is 78.4 cm³/mol. The number of anilines is 1. The lowest BCUT2D eigenvalue weighted by atomic mass is 10.3. The molecule has 7 heteroatoms. The lowest BCUT2D eigenvalue weighted by molar-refractivity contribution is 0.397. The van der Waals surface area contributed by atoms with Crippen molar-refractivity contribution in [1.82, 2.24) is 24.6 Å². The lowest BCUT2D eigenvalue weighted by Gasteiger charge is -2.05. The van der Waals surface area contributed by atoms with Crippen molar-refractivity contribution in [2.24, 2.45) is 0 Å². The largest absolute Gasteiger partial charge is 0.481 e. The summed E-state index contributed by atoms with van der Waals surface area (Å²) in [4.78, 5) is 8.10. The monoisotopic (exact) mass is 284 g/mol. The average Bonchev–Trinajstić information content (AvgIpc) is 2.95. The highest BCUT2D eigenvalue weighted by Gasteiger charge is 2.04. The molecule has 0 bridgehead atoms. The van der Waals surface area contributed by atoms with E-state index in [1.165, 1.54) is 6.33 Å². The molecule has 0 radical (unpaired) electrons. The number of hydrogen-bond acceptors (Lipinski definition) is 6. The van der Waals surface area contributed by atoms with Crippen molar-refractivity contribution in [3.8, 4) is 5.88 Å². The van der Waals surface area contributed by atoms with Gasteiger partial charge in [-0.2, -0.15) is 0 Å². The van der Waals surface area contributed by atoms with Crippen molar-refractivity contribution in [2.45, 2.75) is 12.8 Å². The number of nitrogens with zero attached hydrogens (tertiary/aromatic N) is 5. The zero-order valence-corrected chi connectivity index (χ0v) is 11.7. The summed E-state index contributed by atoms with van der Waals surface area (Å²) < 4.78 is 7.06. The van der Waals surface area contributed by atoms with Gasteiger partial charge in [0.15, 0.2) is 5.65 Å². The Morgan fingerprint density at radius 1 is 1.24 bits per heavy atom. The van der Waals surface area contributed by atoms with E-state index in [0.717, 1.165) is 36.7 Å². The van der Waals surface area contributed by atoms with Gasteiger partial charge in [-0.3, -0.25) is 4.40 Å². The van der Waals surface area contributed by atoms with Crippen LogP contribution >= 0.6 is 0 Å². The van der Waals surface area contributed by atoms with Gasteiger partial charge in [-0.05, 0) is 18.6 Å². The van der Waals surface area contributed by atoms with E-state index in [9.17, 15) is 0 Å². The number of rotatable bonds is 6. The van der Waals surface area contributed by atoms with Crippen LogP contribution in [0.1, 0.15) is 12.2 Å². The summed E-state index contributed by atoms with van der Waals surface area (Å²) in [5.74, 6) is 2.27. The molecule has 0 aliphatic rings. The standard InChI is InChI=1S/C14H16N6O/c1-21-14-9-11(16-10-17-14)15-7-4-6-13-19-18-12-5-2-3-8-20(12)13/h2-3,5,8-10H,4,6-7H2,1H3,(H,15,16,17). The first-order valence-electron chi connectivity index (χ1n) is 6.75. The van der Waals surface area contributed by atoms with Gasteiger partial charge in [0.25, 0.3) is 0 Å². The second kappa shape index (κ2) is 6.17. The van der Waals surface area contributed by atoms with E-state index in [-0.39, 0.29) is 0 Å². The number of methoxy groups -OCH3 is 1. The molecule has 3 aromatic heterocycles. The number of aromatic nitrogens is 5.